The van der Waals surface area contributed by atoms with Gasteiger partial charge >= 0.3 is 5.97 Å². The molecular formula is C9H17NO2. The third kappa shape index (κ3) is 1.78. The standard InChI is InChI=1S/C9H17NO2/c1-7-4-3-5-9(7,10)6-8(11)12-2/h7H,3-6,10H2,1-2H3. The Bertz CT molecular complexity index is 181. The molecule has 2 atom stereocenters. The first-order valence-electron chi connectivity index (χ1n) is 4.44. The van der Waals surface area contributed by atoms with Crippen LogP contribution >= 0.6 is 0 Å². The van der Waals surface area contributed by atoms with Gasteiger partial charge in [-0.1, -0.05) is 13.3 Å². The molecule has 0 aromatic carbocycles. The zero-order valence-electron chi connectivity index (χ0n) is 7.80. The summed E-state index contributed by atoms with van der Waals surface area (Å²) in [6.45, 7) is 2.11. The quantitative estimate of drug-likeness (QED) is 0.632. The van der Waals surface area contributed by atoms with Crippen molar-refractivity contribution in [3.8, 4) is 0 Å². The van der Waals surface area contributed by atoms with Gasteiger partial charge in [0.2, 0.25) is 0 Å². The lowest BCUT2D eigenvalue weighted by Gasteiger charge is -2.27. The monoisotopic (exact) mass is 171 g/mol. The summed E-state index contributed by atoms with van der Waals surface area (Å²) in [5, 5.41) is 0. The summed E-state index contributed by atoms with van der Waals surface area (Å²) in [7, 11) is 1.41. The molecule has 0 aromatic heterocycles. The van der Waals surface area contributed by atoms with Crippen LogP contribution in [0.2, 0.25) is 0 Å². The Labute approximate surface area is 73.3 Å². The van der Waals surface area contributed by atoms with Gasteiger partial charge in [0.25, 0.3) is 0 Å². The third-order valence-corrected chi connectivity index (χ3v) is 2.96. The van der Waals surface area contributed by atoms with Crippen molar-refractivity contribution in [2.24, 2.45) is 11.7 Å². The van der Waals surface area contributed by atoms with Crippen molar-refractivity contribution in [1.29, 1.82) is 0 Å². The summed E-state index contributed by atoms with van der Waals surface area (Å²) in [6.07, 6.45) is 3.58. The van der Waals surface area contributed by atoms with E-state index >= 15 is 0 Å². The minimum Gasteiger partial charge on any atom is -0.469 e. The van der Waals surface area contributed by atoms with Gasteiger partial charge in [-0.2, -0.15) is 0 Å². The highest BCUT2D eigenvalue weighted by molar-refractivity contribution is 5.70. The van der Waals surface area contributed by atoms with E-state index in [9.17, 15) is 4.79 Å². The van der Waals surface area contributed by atoms with Crippen LogP contribution in [0.1, 0.15) is 32.6 Å². The number of carbonyl (C=O) groups is 1. The number of esters is 1. The van der Waals surface area contributed by atoms with E-state index in [1.807, 2.05) is 0 Å². The molecular weight excluding hydrogens is 154 g/mol. The Hall–Kier alpha value is -0.570. The summed E-state index contributed by atoms with van der Waals surface area (Å²) in [5.41, 5.74) is 5.78. The minimum absolute atomic E-state index is 0.189. The van der Waals surface area contributed by atoms with Gasteiger partial charge in [-0.15, -0.1) is 0 Å². The first-order chi connectivity index (χ1) is 5.58. The lowest BCUT2D eigenvalue weighted by atomic mass is 9.86. The fourth-order valence-corrected chi connectivity index (χ4v) is 1.87. The van der Waals surface area contributed by atoms with Crippen LogP contribution in [0.3, 0.4) is 0 Å². The molecule has 0 heterocycles. The van der Waals surface area contributed by atoms with E-state index in [0.717, 1.165) is 19.3 Å². The van der Waals surface area contributed by atoms with E-state index in [0.29, 0.717) is 12.3 Å². The molecule has 70 valence electrons. The highest BCUT2D eigenvalue weighted by Gasteiger charge is 2.38. The van der Waals surface area contributed by atoms with Crippen LogP contribution in [0.25, 0.3) is 0 Å². The molecule has 1 aliphatic carbocycles. The molecule has 0 spiro atoms. The maximum absolute atomic E-state index is 11.0. The highest BCUT2D eigenvalue weighted by Crippen LogP contribution is 2.35. The summed E-state index contributed by atoms with van der Waals surface area (Å²) in [4.78, 5) is 11.0. The zero-order valence-corrected chi connectivity index (χ0v) is 7.80. The molecule has 3 nitrogen and oxygen atoms in total. The van der Waals surface area contributed by atoms with Crippen LogP contribution in [0.4, 0.5) is 0 Å². The fraction of sp³-hybridized carbons (Fsp3) is 0.889. The molecule has 1 rings (SSSR count). The zero-order chi connectivity index (χ0) is 9.19. The second-order valence-corrected chi connectivity index (χ2v) is 3.78. The molecule has 1 saturated carbocycles. The lowest BCUT2D eigenvalue weighted by Crippen LogP contribution is -2.44. The Morgan fingerprint density at radius 3 is 2.83 bits per heavy atom. The van der Waals surface area contributed by atoms with Crippen molar-refractivity contribution in [1.82, 2.24) is 0 Å². The molecule has 0 aromatic rings. The minimum atomic E-state index is -0.299. The van der Waals surface area contributed by atoms with Gasteiger partial charge in [-0.3, -0.25) is 4.79 Å². The summed E-state index contributed by atoms with van der Waals surface area (Å²) in [5.74, 6) is 0.253. The third-order valence-electron chi connectivity index (χ3n) is 2.96. The van der Waals surface area contributed by atoms with E-state index in [1.165, 1.54) is 7.11 Å². The first kappa shape index (κ1) is 9.52. The van der Waals surface area contributed by atoms with Crippen molar-refractivity contribution in [2.45, 2.75) is 38.1 Å². The molecule has 0 saturated heterocycles. The lowest BCUT2D eigenvalue weighted by molar-refractivity contribution is -0.142. The molecule has 3 heteroatoms. The Balaban J connectivity index is 2.53. The maximum atomic E-state index is 11.0. The second kappa shape index (κ2) is 3.44. The van der Waals surface area contributed by atoms with Crippen molar-refractivity contribution in [3.63, 3.8) is 0 Å². The number of carbonyl (C=O) groups excluding carboxylic acids is 1. The fourth-order valence-electron chi connectivity index (χ4n) is 1.87. The number of methoxy groups -OCH3 is 1. The molecule has 2 unspecified atom stereocenters. The number of nitrogens with two attached hydrogens (primary N) is 1. The Kier molecular flexibility index (Phi) is 2.73. The summed E-state index contributed by atoms with van der Waals surface area (Å²) < 4.78 is 4.61. The predicted octanol–water partition coefficient (Wildman–Crippen LogP) is 1.07. The highest BCUT2D eigenvalue weighted by atomic mass is 16.5. The molecule has 12 heavy (non-hydrogen) atoms. The average Bonchev–Trinajstić information content (AvgIpc) is 2.32. The van der Waals surface area contributed by atoms with Gasteiger partial charge in [0.1, 0.15) is 0 Å². The van der Waals surface area contributed by atoms with Crippen LogP contribution in [0, 0.1) is 5.92 Å². The van der Waals surface area contributed by atoms with Crippen LogP contribution in [0.5, 0.6) is 0 Å². The molecule has 0 amide bonds. The second-order valence-electron chi connectivity index (χ2n) is 3.78. The smallest absolute Gasteiger partial charge is 0.307 e. The molecule has 1 aliphatic rings. The van der Waals surface area contributed by atoms with Gasteiger partial charge in [0.15, 0.2) is 0 Å². The van der Waals surface area contributed by atoms with Crippen LogP contribution in [-0.2, 0) is 9.53 Å². The van der Waals surface area contributed by atoms with Gasteiger partial charge in [0, 0.05) is 5.54 Å². The van der Waals surface area contributed by atoms with Crippen LogP contribution < -0.4 is 5.73 Å². The predicted molar refractivity (Wildman–Crippen MR) is 46.6 cm³/mol. The molecule has 0 aliphatic heterocycles. The summed E-state index contributed by atoms with van der Waals surface area (Å²) >= 11 is 0. The van der Waals surface area contributed by atoms with Crippen molar-refractivity contribution >= 4 is 5.97 Å². The van der Waals surface area contributed by atoms with E-state index in [-0.39, 0.29) is 11.5 Å². The number of ether oxygens (including phenoxy) is 1. The van der Waals surface area contributed by atoms with Gasteiger partial charge in [-0.05, 0) is 18.8 Å². The van der Waals surface area contributed by atoms with Crippen molar-refractivity contribution in [2.75, 3.05) is 7.11 Å². The number of rotatable bonds is 2. The van der Waals surface area contributed by atoms with Crippen LogP contribution in [-0.4, -0.2) is 18.6 Å². The van der Waals surface area contributed by atoms with Crippen molar-refractivity contribution < 1.29 is 9.53 Å². The molecule has 0 bridgehead atoms. The van der Waals surface area contributed by atoms with Crippen molar-refractivity contribution in [3.05, 3.63) is 0 Å². The van der Waals surface area contributed by atoms with E-state index in [2.05, 4.69) is 11.7 Å². The molecule has 1 fully saturated rings. The average molecular weight is 171 g/mol. The SMILES string of the molecule is COC(=O)CC1(N)CCCC1C. The summed E-state index contributed by atoms with van der Waals surface area (Å²) in [6, 6.07) is 0. The van der Waals surface area contributed by atoms with Gasteiger partial charge < -0.3 is 10.5 Å². The van der Waals surface area contributed by atoms with Crippen LogP contribution in [0.15, 0.2) is 0 Å². The first-order valence-corrected chi connectivity index (χ1v) is 4.44. The van der Waals surface area contributed by atoms with Gasteiger partial charge in [-0.25, -0.2) is 0 Å². The molecule has 2 N–H and O–H groups in total. The number of hydrogen-bond donors (Lipinski definition) is 1. The van der Waals surface area contributed by atoms with E-state index in [1.54, 1.807) is 0 Å². The van der Waals surface area contributed by atoms with Gasteiger partial charge in [0.05, 0.1) is 13.5 Å². The Morgan fingerprint density at radius 2 is 2.42 bits per heavy atom. The largest absolute Gasteiger partial charge is 0.469 e. The molecule has 0 radical (unpaired) electrons. The maximum Gasteiger partial charge on any atom is 0.307 e. The van der Waals surface area contributed by atoms with E-state index in [4.69, 9.17) is 5.73 Å². The topological polar surface area (TPSA) is 52.3 Å². The Morgan fingerprint density at radius 1 is 1.75 bits per heavy atom. The normalized spacial score (nSPS) is 35.1. The number of hydrogen-bond acceptors (Lipinski definition) is 3. The van der Waals surface area contributed by atoms with E-state index < -0.39 is 0 Å².